The highest BCUT2D eigenvalue weighted by molar-refractivity contribution is 5.83. The third-order valence-corrected chi connectivity index (χ3v) is 3.06. The Kier molecular flexibility index (Phi) is 6.12. The van der Waals surface area contributed by atoms with Gasteiger partial charge in [-0.15, -0.1) is 0 Å². The number of amides is 1. The van der Waals surface area contributed by atoms with Crippen LogP contribution in [0.4, 0.5) is 0 Å². The van der Waals surface area contributed by atoms with Crippen LogP contribution in [0, 0.1) is 5.92 Å². The topological polar surface area (TPSA) is 58.6 Å². The molecule has 1 N–H and O–H groups in total. The maximum Gasteiger partial charge on any atom is 0.329 e. The fraction of sp³-hybridized carbons (Fsp3) is 0.846. The van der Waals surface area contributed by atoms with E-state index in [2.05, 4.69) is 17.1 Å². The number of hydrogen-bond donors (Lipinski definition) is 1. The maximum absolute atomic E-state index is 11.6. The van der Waals surface area contributed by atoms with Gasteiger partial charge in [0.05, 0.1) is 7.11 Å². The molecule has 0 aromatic heterocycles. The van der Waals surface area contributed by atoms with Crippen molar-refractivity contribution in [3.8, 4) is 0 Å². The highest BCUT2D eigenvalue weighted by Gasteiger charge is 2.28. The number of ether oxygens (including phenoxy) is 1. The number of rotatable bonds is 8. The second kappa shape index (κ2) is 7.36. The van der Waals surface area contributed by atoms with Crippen LogP contribution >= 0.6 is 0 Å². The Labute approximate surface area is 109 Å². The Morgan fingerprint density at radius 2 is 2.11 bits per heavy atom. The molecule has 104 valence electrons. The summed E-state index contributed by atoms with van der Waals surface area (Å²) in [6, 6.07) is -0.558. The van der Waals surface area contributed by atoms with E-state index in [1.165, 1.54) is 26.9 Å². The van der Waals surface area contributed by atoms with Crippen molar-refractivity contribution in [3.63, 3.8) is 0 Å². The Morgan fingerprint density at radius 1 is 1.44 bits per heavy atom. The number of carbonyl (C=O) groups is 2. The molecule has 0 aromatic carbocycles. The maximum atomic E-state index is 11.6. The molecule has 0 saturated heterocycles. The van der Waals surface area contributed by atoms with Gasteiger partial charge in [0.1, 0.15) is 6.04 Å². The third kappa shape index (κ3) is 5.49. The average molecular weight is 256 g/mol. The first-order valence-electron chi connectivity index (χ1n) is 6.64. The summed E-state index contributed by atoms with van der Waals surface area (Å²) >= 11 is 0. The number of hydrogen-bond acceptors (Lipinski definition) is 4. The van der Waals surface area contributed by atoms with E-state index in [1.54, 1.807) is 0 Å². The van der Waals surface area contributed by atoms with Crippen molar-refractivity contribution in [2.75, 3.05) is 26.7 Å². The van der Waals surface area contributed by atoms with Crippen LogP contribution in [-0.2, 0) is 14.3 Å². The van der Waals surface area contributed by atoms with Gasteiger partial charge >= 0.3 is 5.97 Å². The molecule has 1 fully saturated rings. The van der Waals surface area contributed by atoms with E-state index < -0.39 is 6.04 Å². The largest absolute Gasteiger partial charge is 0.467 e. The van der Waals surface area contributed by atoms with Crippen molar-refractivity contribution >= 4 is 11.9 Å². The van der Waals surface area contributed by atoms with Crippen molar-refractivity contribution in [3.05, 3.63) is 0 Å². The quantitative estimate of drug-likeness (QED) is 0.652. The lowest BCUT2D eigenvalue weighted by Gasteiger charge is -2.26. The minimum absolute atomic E-state index is 0.201. The van der Waals surface area contributed by atoms with E-state index in [-0.39, 0.29) is 11.9 Å². The first kappa shape index (κ1) is 15.0. The summed E-state index contributed by atoms with van der Waals surface area (Å²) in [7, 11) is 1.35. The van der Waals surface area contributed by atoms with Gasteiger partial charge in [-0.3, -0.25) is 4.79 Å². The molecule has 1 saturated carbocycles. The van der Waals surface area contributed by atoms with Gasteiger partial charge in [-0.1, -0.05) is 6.92 Å². The average Bonchev–Trinajstić information content (AvgIpc) is 3.10. The van der Waals surface area contributed by atoms with Gasteiger partial charge in [0.15, 0.2) is 0 Å². The predicted octanol–water partition coefficient (Wildman–Crippen LogP) is 0.786. The Hall–Kier alpha value is -1.10. The minimum Gasteiger partial charge on any atom is -0.467 e. The summed E-state index contributed by atoms with van der Waals surface area (Å²) in [5.41, 5.74) is 0. The summed E-state index contributed by atoms with van der Waals surface area (Å²) in [6.45, 7) is 6.04. The molecule has 1 atom stereocenters. The van der Waals surface area contributed by atoms with E-state index in [9.17, 15) is 9.59 Å². The smallest absolute Gasteiger partial charge is 0.329 e. The lowest BCUT2D eigenvalue weighted by molar-refractivity contribution is -0.145. The summed E-state index contributed by atoms with van der Waals surface area (Å²) in [5.74, 6) is 0.197. The molecule has 0 aromatic rings. The van der Waals surface area contributed by atoms with Crippen LogP contribution in [0.25, 0.3) is 0 Å². The van der Waals surface area contributed by atoms with Crippen molar-refractivity contribution in [2.45, 2.75) is 39.2 Å². The molecular formula is C13H24N2O3. The van der Waals surface area contributed by atoms with Gasteiger partial charge in [0.2, 0.25) is 5.91 Å². The van der Waals surface area contributed by atoms with Crippen LogP contribution in [0.1, 0.15) is 33.1 Å². The second-order valence-electron chi connectivity index (χ2n) is 4.98. The minimum atomic E-state index is -0.558. The van der Waals surface area contributed by atoms with Crippen molar-refractivity contribution in [1.82, 2.24) is 10.2 Å². The molecule has 5 heteroatoms. The predicted molar refractivity (Wildman–Crippen MR) is 69.1 cm³/mol. The lowest BCUT2D eigenvalue weighted by Crippen LogP contribution is -2.49. The van der Waals surface area contributed by atoms with E-state index in [0.717, 1.165) is 25.4 Å². The third-order valence-electron chi connectivity index (χ3n) is 3.06. The van der Waals surface area contributed by atoms with Crippen molar-refractivity contribution in [2.24, 2.45) is 5.92 Å². The Balaban J connectivity index is 2.52. The van der Waals surface area contributed by atoms with Crippen molar-refractivity contribution in [1.29, 1.82) is 0 Å². The normalized spacial score (nSPS) is 16.4. The second-order valence-corrected chi connectivity index (χ2v) is 4.98. The number of esters is 1. The number of methoxy groups -OCH3 is 1. The Bertz CT molecular complexity index is 290. The van der Waals surface area contributed by atoms with E-state index in [4.69, 9.17) is 4.74 Å². The van der Waals surface area contributed by atoms with Crippen molar-refractivity contribution < 1.29 is 14.3 Å². The van der Waals surface area contributed by atoms with Crippen LogP contribution in [0.2, 0.25) is 0 Å². The first-order chi connectivity index (χ1) is 8.56. The molecule has 1 unspecified atom stereocenters. The van der Waals surface area contributed by atoms with E-state index >= 15 is 0 Å². The van der Waals surface area contributed by atoms with Crippen LogP contribution in [-0.4, -0.2) is 49.6 Å². The monoisotopic (exact) mass is 256 g/mol. The summed E-state index contributed by atoms with van der Waals surface area (Å²) in [4.78, 5) is 25.0. The van der Waals surface area contributed by atoms with Crippen LogP contribution in [0.3, 0.4) is 0 Å². The lowest BCUT2D eigenvalue weighted by atomic mass is 10.2. The zero-order chi connectivity index (χ0) is 13.5. The molecule has 5 nitrogen and oxygen atoms in total. The van der Waals surface area contributed by atoms with E-state index in [1.807, 2.05) is 0 Å². The standard InChI is InChI=1S/C13H24N2O3/c1-4-7-15(8-11-5-6-11)9-12(13(17)18-3)14-10(2)16/h11-12H,4-9H2,1-3H3,(H,14,16). The van der Waals surface area contributed by atoms with E-state index in [0.29, 0.717) is 6.54 Å². The molecular weight excluding hydrogens is 232 g/mol. The molecule has 1 amide bonds. The van der Waals surface area contributed by atoms with Gasteiger partial charge in [0.25, 0.3) is 0 Å². The summed E-state index contributed by atoms with van der Waals surface area (Å²) in [5, 5.41) is 2.66. The molecule has 0 spiro atoms. The fourth-order valence-corrected chi connectivity index (χ4v) is 2.06. The van der Waals surface area contributed by atoms with Crippen LogP contribution < -0.4 is 5.32 Å². The van der Waals surface area contributed by atoms with Crippen LogP contribution in [0.5, 0.6) is 0 Å². The van der Waals surface area contributed by atoms with Gasteiger partial charge < -0.3 is 15.0 Å². The summed E-state index contributed by atoms with van der Waals surface area (Å²) in [6.07, 6.45) is 3.60. The molecule has 1 rings (SSSR count). The van der Waals surface area contributed by atoms with Gasteiger partial charge in [-0.2, -0.15) is 0 Å². The molecule has 18 heavy (non-hydrogen) atoms. The van der Waals surface area contributed by atoms with Gasteiger partial charge in [-0.25, -0.2) is 4.79 Å². The summed E-state index contributed by atoms with van der Waals surface area (Å²) < 4.78 is 4.73. The highest BCUT2D eigenvalue weighted by Crippen LogP contribution is 2.29. The van der Waals surface area contributed by atoms with Crippen LogP contribution in [0.15, 0.2) is 0 Å². The number of carbonyl (C=O) groups excluding carboxylic acids is 2. The highest BCUT2D eigenvalue weighted by atomic mass is 16.5. The molecule has 1 aliphatic carbocycles. The zero-order valence-electron chi connectivity index (χ0n) is 11.6. The number of nitrogens with zero attached hydrogens (tertiary/aromatic N) is 1. The SMILES string of the molecule is CCCN(CC1CC1)CC(NC(C)=O)C(=O)OC. The Morgan fingerprint density at radius 3 is 2.56 bits per heavy atom. The zero-order valence-corrected chi connectivity index (χ0v) is 11.6. The molecule has 0 bridgehead atoms. The van der Waals surface area contributed by atoms with Gasteiger partial charge in [-0.05, 0) is 31.7 Å². The molecule has 0 radical (unpaired) electrons. The van der Waals surface area contributed by atoms with Gasteiger partial charge in [0, 0.05) is 20.0 Å². The number of nitrogens with one attached hydrogen (secondary N) is 1. The molecule has 0 aliphatic heterocycles. The fourth-order valence-electron chi connectivity index (χ4n) is 2.06. The molecule has 1 aliphatic rings. The first-order valence-corrected chi connectivity index (χ1v) is 6.64. The molecule has 0 heterocycles.